The van der Waals surface area contributed by atoms with E-state index in [1.54, 1.807) is 12.1 Å². The number of halogens is 2. The van der Waals surface area contributed by atoms with Crippen molar-refractivity contribution in [2.24, 2.45) is 7.05 Å². The maximum absolute atomic E-state index is 14.2. The summed E-state index contributed by atoms with van der Waals surface area (Å²) in [4.78, 5) is 17.4. The smallest absolute Gasteiger partial charge is 0.223 e. The monoisotopic (exact) mass is 475 g/mol. The van der Waals surface area contributed by atoms with E-state index in [1.807, 2.05) is 59.3 Å². The summed E-state index contributed by atoms with van der Waals surface area (Å²) in [5, 5.41) is 1.81. The Balaban J connectivity index is 1.39. The first-order chi connectivity index (χ1) is 16.5. The van der Waals surface area contributed by atoms with Crippen molar-refractivity contribution >= 4 is 34.1 Å². The molecule has 0 saturated carbocycles. The van der Waals surface area contributed by atoms with Gasteiger partial charge in [-0.05, 0) is 41.5 Å². The van der Waals surface area contributed by atoms with Gasteiger partial charge in [-0.2, -0.15) is 0 Å². The Hall–Kier alpha value is -3.31. The number of benzene rings is 3. The van der Waals surface area contributed by atoms with E-state index in [0.717, 1.165) is 22.0 Å². The highest BCUT2D eigenvalue weighted by molar-refractivity contribution is 6.30. The summed E-state index contributed by atoms with van der Waals surface area (Å²) in [6.07, 6.45) is 2.48. The van der Waals surface area contributed by atoms with Crippen LogP contribution < -0.4 is 4.90 Å². The second kappa shape index (κ2) is 9.51. The van der Waals surface area contributed by atoms with Crippen molar-refractivity contribution in [3.05, 3.63) is 101 Å². The third kappa shape index (κ3) is 4.40. The molecule has 1 aliphatic rings. The summed E-state index contributed by atoms with van der Waals surface area (Å²) in [5.74, 6) is -0.229. The zero-order valence-corrected chi connectivity index (χ0v) is 19.9. The first-order valence-electron chi connectivity index (χ1n) is 11.6. The van der Waals surface area contributed by atoms with Crippen LogP contribution in [0.3, 0.4) is 0 Å². The standard InChI is InChI=1S/C28H27ClFN3O/c1-31-19-24(22-9-2-4-11-26(22)31)23(20-7-6-8-21(29)17-20)18-28(34)33-15-13-32(14-16-33)27-12-5-3-10-25(27)30/h2-12,17,19,23H,13-16,18H2,1H3. The molecule has 0 bridgehead atoms. The molecule has 4 aromatic rings. The molecule has 1 aliphatic heterocycles. The molecule has 4 nitrogen and oxygen atoms in total. The van der Waals surface area contributed by atoms with Crippen molar-refractivity contribution in [2.45, 2.75) is 12.3 Å². The Bertz CT molecular complexity index is 1330. The molecule has 1 amide bonds. The molecule has 1 saturated heterocycles. The fourth-order valence-electron chi connectivity index (χ4n) is 4.99. The molecule has 34 heavy (non-hydrogen) atoms. The maximum atomic E-state index is 14.2. The number of aromatic nitrogens is 1. The van der Waals surface area contributed by atoms with Gasteiger partial charge in [-0.3, -0.25) is 4.79 Å². The molecule has 1 unspecified atom stereocenters. The van der Waals surface area contributed by atoms with Crippen LogP contribution in [0.15, 0.2) is 79.0 Å². The fraction of sp³-hybridized carbons (Fsp3) is 0.250. The van der Waals surface area contributed by atoms with E-state index in [4.69, 9.17) is 11.6 Å². The van der Waals surface area contributed by atoms with E-state index in [-0.39, 0.29) is 17.6 Å². The molecule has 6 heteroatoms. The van der Waals surface area contributed by atoms with Crippen LogP contribution in [0.5, 0.6) is 0 Å². The molecule has 5 rings (SSSR count). The lowest BCUT2D eigenvalue weighted by Crippen LogP contribution is -2.49. The summed E-state index contributed by atoms with van der Waals surface area (Å²) in [7, 11) is 2.03. The van der Waals surface area contributed by atoms with E-state index < -0.39 is 0 Å². The van der Waals surface area contributed by atoms with E-state index in [2.05, 4.69) is 22.9 Å². The number of amides is 1. The number of carbonyl (C=O) groups is 1. The number of anilines is 1. The van der Waals surface area contributed by atoms with E-state index >= 15 is 0 Å². The molecule has 0 aliphatic carbocycles. The lowest BCUT2D eigenvalue weighted by Gasteiger charge is -2.36. The summed E-state index contributed by atoms with van der Waals surface area (Å²) in [6, 6.07) is 22.9. The highest BCUT2D eigenvalue weighted by atomic mass is 35.5. The molecular weight excluding hydrogens is 449 g/mol. The van der Waals surface area contributed by atoms with E-state index in [9.17, 15) is 9.18 Å². The predicted octanol–water partition coefficient (Wildman–Crippen LogP) is 5.84. The van der Waals surface area contributed by atoms with Gasteiger partial charge in [0.15, 0.2) is 0 Å². The third-order valence-electron chi connectivity index (χ3n) is 6.76. The third-order valence-corrected chi connectivity index (χ3v) is 6.99. The Labute approximate surface area is 204 Å². The van der Waals surface area contributed by atoms with Crippen molar-refractivity contribution in [1.82, 2.24) is 9.47 Å². The first-order valence-corrected chi connectivity index (χ1v) is 12.0. The molecule has 2 heterocycles. The van der Waals surface area contributed by atoms with Gasteiger partial charge >= 0.3 is 0 Å². The zero-order chi connectivity index (χ0) is 23.7. The molecular formula is C28H27ClFN3O. The van der Waals surface area contributed by atoms with E-state index in [1.165, 1.54) is 6.07 Å². The molecule has 1 fully saturated rings. The highest BCUT2D eigenvalue weighted by Gasteiger charge is 2.27. The summed E-state index contributed by atoms with van der Waals surface area (Å²) in [5.41, 5.74) is 3.89. The van der Waals surface area contributed by atoms with Gasteiger partial charge in [-0.1, -0.05) is 54.1 Å². The number of aryl methyl sites for hydroxylation is 1. The SMILES string of the molecule is Cn1cc(C(CC(=O)N2CCN(c3ccccc3F)CC2)c2cccc(Cl)c2)c2ccccc21. The number of hydrogen-bond donors (Lipinski definition) is 0. The minimum atomic E-state index is -0.223. The Kier molecular flexibility index (Phi) is 6.29. The van der Waals surface area contributed by atoms with Crippen molar-refractivity contribution in [3.8, 4) is 0 Å². The molecule has 1 aromatic heterocycles. The van der Waals surface area contributed by atoms with Crippen molar-refractivity contribution < 1.29 is 9.18 Å². The van der Waals surface area contributed by atoms with Crippen LogP contribution in [0, 0.1) is 5.82 Å². The number of fused-ring (bicyclic) bond motifs is 1. The van der Waals surface area contributed by atoms with Crippen LogP contribution in [0.4, 0.5) is 10.1 Å². The second-order valence-electron chi connectivity index (χ2n) is 8.84. The Morgan fingerprint density at radius 1 is 0.971 bits per heavy atom. The minimum Gasteiger partial charge on any atom is -0.366 e. The predicted molar refractivity (Wildman–Crippen MR) is 136 cm³/mol. The lowest BCUT2D eigenvalue weighted by atomic mass is 9.87. The van der Waals surface area contributed by atoms with Gasteiger partial charge < -0.3 is 14.4 Å². The molecule has 0 radical (unpaired) electrons. The first kappa shape index (κ1) is 22.5. The molecule has 3 aromatic carbocycles. The van der Waals surface area contributed by atoms with Crippen LogP contribution in [0.1, 0.15) is 23.5 Å². The quantitative estimate of drug-likeness (QED) is 0.362. The topological polar surface area (TPSA) is 28.5 Å². The van der Waals surface area contributed by atoms with Gasteiger partial charge in [-0.15, -0.1) is 0 Å². The van der Waals surface area contributed by atoms with Crippen molar-refractivity contribution in [2.75, 3.05) is 31.1 Å². The number of nitrogens with zero attached hydrogens (tertiary/aromatic N) is 3. The number of hydrogen-bond acceptors (Lipinski definition) is 2. The molecule has 0 N–H and O–H groups in total. The Morgan fingerprint density at radius 3 is 2.47 bits per heavy atom. The molecule has 174 valence electrons. The van der Waals surface area contributed by atoms with Gasteiger partial charge in [0.1, 0.15) is 5.82 Å². The number of rotatable bonds is 5. The van der Waals surface area contributed by atoms with Crippen LogP contribution in [-0.2, 0) is 11.8 Å². The van der Waals surface area contributed by atoms with Crippen LogP contribution >= 0.6 is 11.6 Å². The normalized spacial score (nSPS) is 15.0. The van der Waals surface area contributed by atoms with Gasteiger partial charge in [0.2, 0.25) is 5.91 Å². The van der Waals surface area contributed by atoms with Gasteiger partial charge in [0.25, 0.3) is 0 Å². The maximum Gasteiger partial charge on any atom is 0.223 e. The largest absolute Gasteiger partial charge is 0.366 e. The van der Waals surface area contributed by atoms with Crippen LogP contribution in [0.25, 0.3) is 10.9 Å². The van der Waals surface area contributed by atoms with E-state index in [0.29, 0.717) is 43.3 Å². The van der Waals surface area contributed by atoms with Crippen LogP contribution in [0.2, 0.25) is 5.02 Å². The average Bonchev–Trinajstić information content (AvgIpc) is 3.19. The number of para-hydroxylation sites is 2. The number of piperazine rings is 1. The zero-order valence-electron chi connectivity index (χ0n) is 19.1. The average molecular weight is 476 g/mol. The minimum absolute atomic E-state index is 0.103. The van der Waals surface area contributed by atoms with Crippen molar-refractivity contribution in [3.63, 3.8) is 0 Å². The molecule has 1 atom stereocenters. The van der Waals surface area contributed by atoms with Gasteiger partial charge in [0.05, 0.1) is 5.69 Å². The van der Waals surface area contributed by atoms with Crippen LogP contribution in [-0.4, -0.2) is 41.6 Å². The highest BCUT2D eigenvalue weighted by Crippen LogP contribution is 2.36. The van der Waals surface area contributed by atoms with Gasteiger partial charge in [0, 0.05) is 67.7 Å². The summed E-state index contributed by atoms with van der Waals surface area (Å²) < 4.78 is 16.3. The Morgan fingerprint density at radius 2 is 1.71 bits per heavy atom. The van der Waals surface area contributed by atoms with Crippen molar-refractivity contribution in [1.29, 1.82) is 0 Å². The summed E-state index contributed by atoms with van der Waals surface area (Å²) in [6.45, 7) is 2.38. The fourth-order valence-corrected chi connectivity index (χ4v) is 5.19. The second-order valence-corrected chi connectivity index (χ2v) is 9.28. The van der Waals surface area contributed by atoms with Gasteiger partial charge in [-0.25, -0.2) is 4.39 Å². The lowest BCUT2D eigenvalue weighted by molar-refractivity contribution is -0.131. The summed E-state index contributed by atoms with van der Waals surface area (Å²) >= 11 is 6.34. The number of carbonyl (C=O) groups excluding carboxylic acids is 1. The molecule has 0 spiro atoms.